The maximum atomic E-state index is 3.53. The van der Waals surface area contributed by atoms with E-state index in [0.717, 1.165) is 0 Å². The van der Waals surface area contributed by atoms with Gasteiger partial charge in [0.15, 0.2) is 0 Å². The minimum Gasteiger partial charge on any atom is -0.367 e. The zero-order valence-electron chi connectivity index (χ0n) is 8.79. The van der Waals surface area contributed by atoms with Gasteiger partial charge in [-0.3, -0.25) is 0 Å². The molecular weight excluding hydrogens is 190 g/mol. The van der Waals surface area contributed by atoms with Gasteiger partial charge in [0.1, 0.15) is 4.87 Å². The van der Waals surface area contributed by atoms with Crippen LogP contribution in [0.25, 0.3) is 0 Å². The lowest BCUT2D eigenvalue weighted by atomic mass is 10.2. The van der Waals surface area contributed by atoms with Crippen LogP contribution in [0.15, 0.2) is 40.8 Å². The third-order valence-corrected chi connectivity index (χ3v) is 3.38. The van der Waals surface area contributed by atoms with E-state index < -0.39 is 0 Å². The molecule has 1 aliphatic heterocycles. The van der Waals surface area contributed by atoms with Gasteiger partial charge < -0.3 is 5.32 Å². The van der Waals surface area contributed by atoms with Gasteiger partial charge in [-0.2, -0.15) is 0 Å². The molecule has 2 rings (SSSR count). The highest BCUT2D eigenvalue weighted by atomic mass is 32.2. The monoisotopic (exact) mass is 205 g/mol. The molecule has 74 valence electrons. The van der Waals surface area contributed by atoms with Crippen molar-refractivity contribution in [2.45, 2.75) is 30.5 Å². The number of fused-ring (bicyclic) bond motifs is 1. The summed E-state index contributed by atoms with van der Waals surface area (Å²) in [5.41, 5.74) is 2.60. The van der Waals surface area contributed by atoms with Gasteiger partial charge in [-0.15, -0.1) is 0 Å². The van der Waals surface area contributed by atoms with E-state index in [-0.39, 0.29) is 4.87 Å². The highest BCUT2D eigenvalue weighted by Gasteiger charge is 2.30. The summed E-state index contributed by atoms with van der Waals surface area (Å²) in [6.45, 7) is 6.48. The Bertz CT molecular complexity index is 353. The molecule has 1 heterocycles. The predicted molar refractivity (Wildman–Crippen MR) is 63.8 cm³/mol. The van der Waals surface area contributed by atoms with Crippen LogP contribution in [0.2, 0.25) is 0 Å². The van der Waals surface area contributed by atoms with Crippen molar-refractivity contribution in [1.29, 1.82) is 0 Å². The molecule has 1 unspecified atom stereocenters. The first-order valence-electron chi connectivity index (χ1n) is 4.81. The van der Waals surface area contributed by atoms with Crippen molar-refractivity contribution in [2.24, 2.45) is 0 Å². The first-order valence-corrected chi connectivity index (χ1v) is 5.63. The molecule has 1 atom stereocenters. The molecule has 0 amide bonds. The SMILES string of the molecule is CC(C)=CC1(C)Nc2ccccc2S1. The molecule has 1 aromatic rings. The third-order valence-electron chi connectivity index (χ3n) is 2.16. The lowest BCUT2D eigenvalue weighted by Gasteiger charge is -2.20. The van der Waals surface area contributed by atoms with Crippen molar-refractivity contribution in [2.75, 3.05) is 5.32 Å². The minimum absolute atomic E-state index is 0.0303. The van der Waals surface area contributed by atoms with Gasteiger partial charge in [0.05, 0.1) is 0 Å². The Morgan fingerprint density at radius 1 is 1.36 bits per heavy atom. The van der Waals surface area contributed by atoms with Crippen LogP contribution in [0.5, 0.6) is 0 Å². The van der Waals surface area contributed by atoms with E-state index in [1.165, 1.54) is 16.2 Å². The molecule has 0 saturated heterocycles. The average molecular weight is 205 g/mol. The van der Waals surface area contributed by atoms with E-state index in [1.54, 1.807) is 0 Å². The second-order valence-electron chi connectivity index (χ2n) is 4.05. The fraction of sp³-hybridized carbons (Fsp3) is 0.333. The fourth-order valence-corrected chi connectivity index (χ4v) is 3.08. The van der Waals surface area contributed by atoms with Gasteiger partial charge in [0.2, 0.25) is 0 Å². The quantitative estimate of drug-likeness (QED) is 0.698. The second kappa shape index (κ2) is 3.35. The van der Waals surface area contributed by atoms with E-state index in [9.17, 15) is 0 Å². The van der Waals surface area contributed by atoms with E-state index in [0.29, 0.717) is 0 Å². The molecular formula is C12H15NS. The van der Waals surface area contributed by atoms with Gasteiger partial charge in [-0.1, -0.05) is 35.5 Å². The molecule has 0 fully saturated rings. The fourth-order valence-electron chi connectivity index (χ4n) is 1.80. The molecule has 0 saturated carbocycles. The first-order chi connectivity index (χ1) is 6.59. The van der Waals surface area contributed by atoms with Crippen molar-refractivity contribution in [3.63, 3.8) is 0 Å². The van der Waals surface area contributed by atoms with E-state index >= 15 is 0 Å². The Hall–Kier alpha value is -0.890. The zero-order chi connectivity index (χ0) is 10.2. The van der Waals surface area contributed by atoms with Crippen LogP contribution in [-0.4, -0.2) is 4.87 Å². The second-order valence-corrected chi connectivity index (χ2v) is 5.54. The van der Waals surface area contributed by atoms with Crippen molar-refractivity contribution in [3.8, 4) is 0 Å². The number of allylic oxidation sites excluding steroid dienone is 1. The highest BCUT2D eigenvalue weighted by molar-refractivity contribution is 8.01. The highest BCUT2D eigenvalue weighted by Crippen LogP contribution is 2.45. The Morgan fingerprint density at radius 2 is 2.07 bits per heavy atom. The molecule has 1 nitrogen and oxygen atoms in total. The van der Waals surface area contributed by atoms with Crippen LogP contribution in [0.3, 0.4) is 0 Å². The maximum absolute atomic E-state index is 3.53. The summed E-state index contributed by atoms with van der Waals surface area (Å²) in [6.07, 6.45) is 2.28. The molecule has 14 heavy (non-hydrogen) atoms. The Morgan fingerprint density at radius 3 is 2.71 bits per heavy atom. The van der Waals surface area contributed by atoms with Crippen molar-refractivity contribution in [1.82, 2.24) is 0 Å². The zero-order valence-corrected chi connectivity index (χ0v) is 9.61. The van der Waals surface area contributed by atoms with Crippen molar-refractivity contribution < 1.29 is 0 Å². The van der Waals surface area contributed by atoms with Crippen LogP contribution in [0, 0.1) is 0 Å². The number of para-hydroxylation sites is 1. The van der Waals surface area contributed by atoms with Crippen molar-refractivity contribution >= 4 is 17.4 Å². The standard InChI is InChI=1S/C12H15NS/c1-9(2)8-12(3)13-10-6-4-5-7-11(10)14-12/h4-8,13H,1-3H3. The summed E-state index contributed by atoms with van der Waals surface area (Å²) in [7, 11) is 0. The number of anilines is 1. The molecule has 1 N–H and O–H groups in total. The van der Waals surface area contributed by atoms with Crippen LogP contribution < -0.4 is 5.32 Å². The van der Waals surface area contributed by atoms with Gasteiger partial charge in [0, 0.05) is 10.6 Å². The van der Waals surface area contributed by atoms with E-state index in [4.69, 9.17) is 0 Å². The average Bonchev–Trinajstić information content (AvgIpc) is 2.38. The first kappa shape index (κ1) is 9.66. The van der Waals surface area contributed by atoms with Gasteiger partial charge in [0.25, 0.3) is 0 Å². The summed E-state index contributed by atoms with van der Waals surface area (Å²) in [6, 6.07) is 8.45. The normalized spacial score (nSPS) is 23.9. The summed E-state index contributed by atoms with van der Waals surface area (Å²) in [5.74, 6) is 0. The predicted octanol–water partition coefficient (Wildman–Crippen LogP) is 3.89. The van der Waals surface area contributed by atoms with Crippen LogP contribution in [0.4, 0.5) is 5.69 Å². The Labute approximate surface area is 89.6 Å². The largest absolute Gasteiger partial charge is 0.367 e. The van der Waals surface area contributed by atoms with Gasteiger partial charge in [-0.25, -0.2) is 0 Å². The summed E-state index contributed by atoms with van der Waals surface area (Å²) in [5, 5.41) is 3.53. The smallest absolute Gasteiger partial charge is 0.104 e. The molecule has 1 aliphatic rings. The lowest BCUT2D eigenvalue weighted by Crippen LogP contribution is -2.23. The Kier molecular flexibility index (Phi) is 2.31. The molecule has 0 radical (unpaired) electrons. The van der Waals surface area contributed by atoms with E-state index in [2.05, 4.69) is 56.4 Å². The van der Waals surface area contributed by atoms with Gasteiger partial charge in [-0.05, 0) is 32.9 Å². The maximum Gasteiger partial charge on any atom is 0.104 e. The summed E-state index contributed by atoms with van der Waals surface area (Å²) in [4.78, 5) is 1.37. The summed E-state index contributed by atoms with van der Waals surface area (Å²) >= 11 is 1.88. The third kappa shape index (κ3) is 1.80. The number of benzene rings is 1. The van der Waals surface area contributed by atoms with Gasteiger partial charge >= 0.3 is 0 Å². The van der Waals surface area contributed by atoms with Crippen LogP contribution in [-0.2, 0) is 0 Å². The number of hydrogen-bond donors (Lipinski definition) is 1. The number of rotatable bonds is 1. The molecule has 0 spiro atoms. The summed E-state index contributed by atoms with van der Waals surface area (Å²) < 4.78 is 0. The topological polar surface area (TPSA) is 12.0 Å². The number of hydrogen-bond acceptors (Lipinski definition) is 2. The Balaban J connectivity index is 2.30. The number of thioether (sulfide) groups is 1. The molecule has 0 bridgehead atoms. The lowest BCUT2D eigenvalue weighted by molar-refractivity contribution is 0.921. The number of nitrogens with one attached hydrogen (secondary N) is 1. The molecule has 1 aromatic carbocycles. The van der Waals surface area contributed by atoms with Crippen LogP contribution in [0.1, 0.15) is 20.8 Å². The molecule has 0 aliphatic carbocycles. The van der Waals surface area contributed by atoms with Crippen molar-refractivity contribution in [3.05, 3.63) is 35.9 Å². The minimum atomic E-state index is 0.0303. The van der Waals surface area contributed by atoms with E-state index in [1.807, 2.05) is 11.8 Å². The van der Waals surface area contributed by atoms with Crippen LogP contribution >= 0.6 is 11.8 Å². The molecule has 0 aromatic heterocycles. The molecule has 2 heteroatoms.